The lowest BCUT2D eigenvalue weighted by Gasteiger charge is -2.23. The van der Waals surface area contributed by atoms with Crippen molar-refractivity contribution in [3.05, 3.63) is 11.1 Å². The Morgan fingerprint density at radius 3 is 1.30 bits per heavy atom. The maximum Gasteiger partial charge on any atom is 0.511 e. The summed E-state index contributed by atoms with van der Waals surface area (Å²) in [5, 5.41) is 21.2. The Bertz CT molecular complexity index is 837. The van der Waals surface area contributed by atoms with Crippen LogP contribution in [0.2, 0.25) is 0 Å². The van der Waals surface area contributed by atoms with Crippen LogP contribution in [0, 0.1) is 0 Å². The zero-order chi connectivity index (χ0) is 31.5. The quantitative estimate of drug-likeness (QED) is 0.0536. The molecule has 1 aromatic rings. The lowest BCUT2D eigenvalue weighted by molar-refractivity contribution is 0.139. The van der Waals surface area contributed by atoms with Crippen molar-refractivity contribution in [3.63, 3.8) is 0 Å². The first kappa shape index (κ1) is 38.9. The molecular weight excluding hydrogens is 540 g/mol. The maximum absolute atomic E-state index is 11.8. The highest BCUT2D eigenvalue weighted by molar-refractivity contribution is 5.72. The van der Waals surface area contributed by atoms with E-state index < -0.39 is 6.16 Å². The Kier molecular flexibility index (Phi) is 23.8. The molecule has 0 heterocycles. The molecule has 6 nitrogen and oxygen atoms in total. The number of hydrogen-bond acceptors (Lipinski definition) is 5. The molecule has 0 amide bonds. The SMILES string of the molecule is CCCCCCCCc1c(O)c(OC(=O)O)c(OCCCCCCC)c(OCCCCCCC)c1CCCCCCCC. The van der Waals surface area contributed by atoms with Crippen LogP contribution in [0.3, 0.4) is 0 Å². The van der Waals surface area contributed by atoms with E-state index in [1.807, 2.05) is 0 Å². The maximum atomic E-state index is 11.8. The molecule has 1 aromatic carbocycles. The fraction of sp³-hybridized carbons (Fsp3) is 0.811. The van der Waals surface area contributed by atoms with Gasteiger partial charge in [0, 0.05) is 11.1 Å². The second-order valence-corrected chi connectivity index (χ2v) is 12.2. The molecule has 0 saturated carbocycles. The molecule has 0 aliphatic heterocycles. The summed E-state index contributed by atoms with van der Waals surface area (Å²) < 4.78 is 18.0. The highest BCUT2D eigenvalue weighted by Gasteiger charge is 2.29. The Hall–Kier alpha value is -2.11. The summed E-state index contributed by atoms with van der Waals surface area (Å²) in [5.74, 6) is 0.659. The first-order valence-corrected chi connectivity index (χ1v) is 18.1. The van der Waals surface area contributed by atoms with Gasteiger partial charge in [0.1, 0.15) is 0 Å². The van der Waals surface area contributed by atoms with E-state index in [4.69, 9.17) is 14.2 Å². The summed E-state index contributed by atoms with van der Waals surface area (Å²) in [7, 11) is 0. The van der Waals surface area contributed by atoms with Crippen molar-refractivity contribution < 1.29 is 29.2 Å². The Balaban J connectivity index is 3.39. The third-order valence-corrected chi connectivity index (χ3v) is 8.29. The van der Waals surface area contributed by atoms with Crippen LogP contribution < -0.4 is 14.2 Å². The van der Waals surface area contributed by atoms with Crippen molar-refractivity contribution >= 4 is 6.16 Å². The molecule has 0 fully saturated rings. The fourth-order valence-corrected chi connectivity index (χ4v) is 5.69. The smallest absolute Gasteiger partial charge is 0.504 e. The predicted octanol–water partition coefficient (Wildman–Crippen LogP) is 12.0. The molecule has 1 rings (SSSR count). The number of rotatable bonds is 29. The first-order valence-electron chi connectivity index (χ1n) is 18.1. The van der Waals surface area contributed by atoms with E-state index in [0.717, 1.165) is 75.3 Å². The van der Waals surface area contributed by atoms with E-state index in [2.05, 4.69) is 27.7 Å². The zero-order valence-electron chi connectivity index (χ0n) is 28.4. The monoisotopic (exact) mass is 606 g/mol. The van der Waals surface area contributed by atoms with Gasteiger partial charge >= 0.3 is 6.16 Å². The third kappa shape index (κ3) is 17.1. The molecule has 0 spiro atoms. The minimum absolute atomic E-state index is 0.0896. The lowest BCUT2D eigenvalue weighted by atomic mass is 9.93. The summed E-state index contributed by atoms with van der Waals surface area (Å²) in [6, 6.07) is 0. The molecule has 0 saturated heterocycles. The molecule has 0 atom stereocenters. The van der Waals surface area contributed by atoms with Crippen molar-refractivity contribution in [3.8, 4) is 23.0 Å². The van der Waals surface area contributed by atoms with Crippen molar-refractivity contribution in [1.29, 1.82) is 0 Å². The van der Waals surface area contributed by atoms with Gasteiger partial charge in [0.25, 0.3) is 0 Å². The van der Waals surface area contributed by atoms with E-state index in [1.165, 1.54) is 83.5 Å². The molecule has 6 heteroatoms. The van der Waals surface area contributed by atoms with Crippen LogP contribution >= 0.6 is 0 Å². The molecule has 43 heavy (non-hydrogen) atoms. The van der Waals surface area contributed by atoms with Crippen LogP contribution in [-0.4, -0.2) is 29.6 Å². The molecule has 0 aliphatic carbocycles. The van der Waals surface area contributed by atoms with Gasteiger partial charge in [-0.05, 0) is 38.5 Å². The lowest BCUT2D eigenvalue weighted by Crippen LogP contribution is -2.12. The van der Waals surface area contributed by atoms with Crippen molar-refractivity contribution in [2.75, 3.05) is 13.2 Å². The van der Waals surface area contributed by atoms with Gasteiger partial charge in [0.05, 0.1) is 13.2 Å². The van der Waals surface area contributed by atoms with E-state index in [9.17, 15) is 15.0 Å². The molecular formula is C37H66O6. The fourth-order valence-electron chi connectivity index (χ4n) is 5.69. The van der Waals surface area contributed by atoms with Crippen LogP contribution in [0.25, 0.3) is 0 Å². The number of benzene rings is 1. The summed E-state index contributed by atoms with van der Waals surface area (Å²) >= 11 is 0. The van der Waals surface area contributed by atoms with Gasteiger partial charge in [-0.15, -0.1) is 0 Å². The summed E-state index contributed by atoms with van der Waals surface area (Å²) in [4.78, 5) is 11.8. The third-order valence-electron chi connectivity index (χ3n) is 8.29. The molecule has 0 aromatic heterocycles. The normalized spacial score (nSPS) is 11.2. The Morgan fingerprint density at radius 1 is 0.488 bits per heavy atom. The Labute approximate surface area is 264 Å². The number of hydrogen-bond donors (Lipinski definition) is 2. The highest BCUT2D eigenvalue weighted by Crippen LogP contribution is 2.51. The van der Waals surface area contributed by atoms with Crippen LogP contribution in [0.4, 0.5) is 4.79 Å². The van der Waals surface area contributed by atoms with Gasteiger partial charge in [-0.3, -0.25) is 0 Å². The standard InChI is InChI=1S/C37H66O6/c1-5-9-13-17-19-23-27-31-32(28-24-20-18-14-10-6-2)34(41-29-25-21-15-11-7-3)36(35(33(31)38)43-37(39)40)42-30-26-22-16-12-8-4/h38H,5-30H2,1-4H3,(H,39,40). The number of aromatic hydroxyl groups is 1. The topological polar surface area (TPSA) is 85.2 Å². The Morgan fingerprint density at radius 2 is 0.860 bits per heavy atom. The van der Waals surface area contributed by atoms with Crippen molar-refractivity contribution in [2.24, 2.45) is 0 Å². The van der Waals surface area contributed by atoms with Crippen molar-refractivity contribution in [2.45, 2.75) is 182 Å². The molecule has 0 radical (unpaired) electrons. The largest absolute Gasteiger partial charge is 0.511 e. The number of ether oxygens (including phenoxy) is 3. The van der Waals surface area contributed by atoms with E-state index in [0.29, 0.717) is 25.4 Å². The van der Waals surface area contributed by atoms with Crippen LogP contribution in [0.5, 0.6) is 23.0 Å². The number of carboxylic acid groups (broad SMARTS) is 1. The van der Waals surface area contributed by atoms with Gasteiger partial charge in [0.15, 0.2) is 11.5 Å². The summed E-state index contributed by atoms with van der Waals surface area (Å²) in [5.41, 5.74) is 1.76. The average Bonchev–Trinajstić information content (AvgIpc) is 2.99. The molecule has 2 N–H and O–H groups in total. The van der Waals surface area contributed by atoms with Gasteiger partial charge in [-0.1, -0.05) is 143 Å². The van der Waals surface area contributed by atoms with Gasteiger partial charge in [-0.2, -0.15) is 0 Å². The van der Waals surface area contributed by atoms with E-state index >= 15 is 0 Å². The number of carbonyl (C=O) groups is 1. The first-order chi connectivity index (χ1) is 21.0. The minimum atomic E-state index is -1.46. The predicted molar refractivity (Wildman–Crippen MR) is 179 cm³/mol. The zero-order valence-corrected chi connectivity index (χ0v) is 28.4. The van der Waals surface area contributed by atoms with Crippen LogP contribution in [0.1, 0.15) is 180 Å². The van der Waals surface area contributed by atoms with Crippen LogP contribution in [-0.2, 0) is 12.8 Å². The van der Waals surface area contributed by atoms with E-state index in [1.54, 1.807) is 0 Å². The second kappa shape index (κ2) is 26.3. The number of phenols is 1. The van der Waals surface area contributed by atoms with Gasteiger partial charge in [-0.25, -0.2) is 4.79 Å². The minimum Gasteiger partial charge on any atom is -0.504 e. The van der Waals surface area contributed by atoms with E-state index in [-0.39, 0.29) is 17.2 Å². The summed E-state index contributed by atoms with van der Waals surface area (Å²) in [6.45, 7) is 9.82. The van der Waals surface area contributed by atoms with Gasteiger partial charge < -0.3 is 24.4 Å². The second-order valence-electron chi connectivity index (χ2n) is 12.2. The van der Waals surface area contributed by atoms with Crippen LogP contribution in [0.15, 0.2) is 0 Å². The van der Waals surface area contributed by atoms with Crippen molar-refractivity contribution in [1.82, 2.24) is 0 Å². The number of unbranched alkanes of at least 4 members (excludes halogenated alkanes) is 18. The molecule has 0 unspecified atom stereocenters. The molecule has 0 aliphatic rings. The highest BCUT2D eigenvalue weighted by atomic mass is 16.7. The average molecular weight is 607 g/mol. The molecule has 0 bridgehead atoms. The summed E-state index contributed by atoms with van der Waals surface area (Å²) in [6.07, 6.45) is 24.9. The molecule has 250 valence electrons. The number of phenolic OH excluding ortho intramolecular Hbond substituents is 1. The van der Waals surface area contributed by atoms with Gasteiger partial charge in [0.2, 0.25) is 11.5 Å².